The Labute approximate surface area is 126 Å². The Bertz CT molecular complexity index is 493. The minimum atomic E-state index is -0.569. The first-order chi connectivity index (χ1) is 9.77. The molecule has 1 aliphatic heterocycles. The number of rotatable bonds is 2. The molecule has 0 saturated heterocycles. The van der Waals surface area contributed by atoms with Gasteiger partial charge in [0.25, 0.3) is 0 Å². The van der Waals surface area contributed by atoms with Gasteiger partial charge in [0.2, 0.25) is 0 Å². The number of aliphatic hydroxyl groups excluding tert-OH is 1. The fraction of sp³-hybridized carbons (Fsp3) is 0.824. The Kier molecular flexibility index (Phi) is 3.45. The maximum absolute atomic E-state index is 12.0. The number of carbonyl (C=O) groups is 1. The van der Waals surface area contributed by atoms with E-state index < -0.39 is 11.7 Å². The zero-order chi connectivity index (χ0) is 15.4. The first-order valence-corrected chi connectivity index (χ1v) is 7.98. The van der Waals surface area contributed by atoms with Crippen molar-refractivity contribution in [3.05, 3.63) is 11.1 Å². The van der Waals surface area contributed by atoms with Crippen LogP contribution in [0, 0.1) is 17.3 Å². The van der Waals surface area contributed by atoms with Gasteiger partial charge in [0.05, 0.1) is 11.7 Å². The average molecular weight is 294 g/mol. The van der Waals surface area contributed by atoms with Gasteiger partial charge in [-0.15, -0.1) is 0 Å². The van der Waals surface area contributed by atoms with Crippen LogP contribution >= 0.6 is 0 Å². The molecule has 0 aromatic carbocycles. The first-order valence-electron chi connectivity index (χ1n) is 7.98. The van der Waals surface area contributed by atoms with Gasteiger partial charge in [-0.1, -0.05) is 13.8 Å². The second-order valence-corrected chi connectivity index (χ2v) is 7.79. The van der Waals surface area contributed by atoms with Crippen LogP contribution in [-0.2, 0) is 14.3 Å². The molecule has 0 aromatic rings. The monoisotopic (exact) mass is 294 g/mol. The Balaban J connectivity index is 2.04. The van der Waals surface area contributed by atoms with Crippen LogP contribution in [0.25, 0.3) is 0 Å². The van der Waals surface area contributed by atoms with Crippen LogP contribution in [0.15, 0.2) is 11.1 Å². The quantitative estimate of drug-likeness (QED) is 0.795. The molecule has 1 heterocycles. The largest absolute Gasteiger partial charge is 0.458 e. The highest BCUT2D eigenvalue weighted by Crippen LogP contribution is 2.56. The van der Waals surface area contributed by atoms with Gasteiger partial charge in [-0.3, -0.25) is 0 Å². The summed E-state index contributed by atoms with van der Waals surface area (Å²) in [5, 5.41) is 10.8. The Morgan fingerprint density at radius 3 is 2.71 bits per heavy atom. The zero-order valence-electron chi connectivity index (χ0n) is 13.4. The lowest BCUT2D eigenvalue weighted by molar-refractivity contribution is -0.138. The molecule has 21 heavy (non-hydrogen) atoms. The van der Waals surface area contributed by atoms with Crippen molar-refractivity contribution in [2.45, 2.75) is 58.7 Å². The van der Waals surface area contributed by atoms with Gasteiger partial charge in [-0.2, -0.15) is 0 Å². The molecule has 3 aliphatic rings. The summed E-state index contributed by atoms with van der Waals surface area (Å²) < 4.78 is 11.3. The SMILES string of the molecule is CCO[C@@]1(C)CC2=C(COC2=O)[C@H](O)[C@H]2CC(C)(C)C[C@@H]21. The van der Waals surface area contributed by atoms with Gasteiger partial charge in [0, 0.05) is 24.2 Å². The van der Waals surface area contributed by atoms with Crippen LogP contribution in [0.1, 0.15) is 47.0 Å². The van der Waals surface area contributed by atoms with Crippen molar-refractivity contribution in [1.82, 2.24) is 0 Å². The van der Waals surface area contributed by atoms with Gasteiger partial charge in [-0.05, 0) is 43.9 Å². The van der Waals surface area contributed by atoms with Crippen LogP contribution in [0.5, 0.6) is 0 Å². The predicted octanol–water partition coefficient (Wildman–Crippen LogP) is 2.45. The molecule has 1 N–H and O–H groups in total. The van der Waals surface area contributed by atoms with E-state index in [2.05, 4.69) is 20.8 Å². The fourth-order valence-corrected chi connectivity index (χ4v) is 4.74. The molecule has 118 valence electrons. The molecule has 0 spiro atoms. The highest BCUT2D eigenvalue weighted by atomic mass is 16.5. The molecule has 4 atom stereocenters. The molecule has 0 aromatic heterocycles. The third-order valence-electron chi connectivity index (χ3n) is 5.62. The van der Waals surface area contributed by atoms with Crippen LogP contribution in [0.2, 0.25) is 0 Å². The standard InChI is InChI=1S/C17H26O4/c1-5-21-17(4)7-10-12(9-20-15(10)19)14(18)11-6-16(2,3)8-13(11)17/h11,13-14,18H,5-9H2,1-4H3/t11-,13-,14+,17-/m0/s1. The number of hydrogen-bond donors (Lipinski definition) is 1. The topological polar surface area (TPSA) is 55.8 Å². The van der Waals surface area contributed by atoms with Crippen molar-refractivity contribution >= 4 is 5.97 Å². The van der Waals surface area contributed by atoms with Gasteiger partial charge in [-0.25, -0.2) is 4.79 Å². The minimum absolute atomic E-state index is 0.151. The molecule has 0 amide bonds. The van der Waals surface area contributed by atoms with Gasteiger partial charge >= 0.3 is 5.97 Å². The van der Waals surface area contributed by atoms with E-state index in [4.69, 9.17) is 9.47 Å². The van der Waals surface area contributed by atoms with Crippen LogP contribution in [-0.4, -0.2) is 36.0 Å². The van der Waals surface area contributed by atoms with E-state index in [1.165, 1.54) is 0 Å². The lowest BCUT2D eigenvalue weighted by Gasteiger charge is -2.38. The third kappa shape index (κ3) is 2.33. The van der Waals surface area contributed by atoms with E-state index in [-0.39, 0.29) is 29.8 Å². The fourth-order valence-electron chi connectivity index (χ4n) is 4.74. The van der Waals surface area contributed by atoms with E-state index in [0.717, 1.165) is 18.4 Å². The zero-order valence-corrected chi connectivity index (χ0v) is 13.4. The van der Waals surface area contributed by atoms with Crippen molar-refractivity contribution in [2.75, 3.05) is 13.2 Å². The number of aliphatic hydroxyl groups is 1. The van der Waals surface area contributed by atoms with Crippen molar-refractivity contribution in [3.63, 3.8) is 0 Å². The smallest absolute Gasteiger partial charge is 0.334 e. The summed E-state index contributed by atoms with van der Waals surface area (Å²) in [4.78, 5) is 12.0. The molecule has 0 unspecified atom stereocenters. The summed E-state index contributed by atoms with van der Waals surface area (Å²) in [6.07, 6.45) is 1.98. The van der Waals surface area contributed by atoms with Gasteiger partial charge in [0.15, 0.2) is 0 Å². The number of cyclic esters (lactones) is 1. The van der Waals surface area contributed by atoms with E-state index in [1.807, 2.05) is 6.92 Å². The van der Waals surface area contributed by atoms with E-state index in [9.17, 15) is 9.90 Å². The molecule has 4 nitrogen and oxygen atoms in total. The summed E-state index contributed by atoms with van der Waals surface area (Å²) >= 11 is 0. The van der Waals surface area contributed by atoms with Gasteiger partial charge in [0.1, 0.15) is 6.61 Å². The summed E-state index contributed by atoms with van der Waals surface area (Å²) in [6, 6.07) is 0. The van der Waals surface area contributed by atoms with E-state index in [1.54, 1.807) is 0 Å². The van der Waals surface area contributed by atoms with Crippen LogP contribution in [0.3, 0.4) is 0 Å². The second-order valence-electron chi connectivity index (χ2n) is 7.79. The first kappa shape index (κ1) is 15.0. The van der Waals surface area contributed by atoms with Crippen molar-refractivity contribution in [1.29, 1.82) is 0 Å². The van der Waals surface area contributed by atoms with E-state index >= 15 is 0 Å². The molecular weight excluding hydrogens is 268 g/mol. The molecule has 1 saturated carbocycles. The summed E-state index contributed by atoms with van der Waals surface area (Å²) in [6.45, 7) is 9.47. The molecule has 3 rings (SSSR count). The molecule has 0 bridgehead atoms. The lowest BCUT2D eigenvalue weighted by atomic mass is 9.77. The summed E-state index contributed by atoms with van der Waals surface area (Å²) in [7, 11) is 0. The third-order valence-corrected chi connectivity index (χ3v) is 5.62. The predicted molar refractivity (Wildman–Crippen MR) is 78.6 cm³/mol. The molecular formula is C17H26O4. The summed E-state index contributed by atoms with van der Waals surface area (Å²) in [5.74, 6) is 0.161. The highest BCUT2D eigenvalue weighted by molar-refractivity contribution is 5.92. The van der Waals surface area contributed by atoms with Crippen molar-refractivity contribution in [2.24, 2.45) is 17.3 Å². The molecule has 0 radical (unpaired) electrons. The number of hydrogen-bond acceptors (Lipinski definition) is 4. The maximum Gasteiger partial charge on any atom is 0.334 e. The Morgan fingerprint density at radius 1 is 1.33 bits per heavy atom. The molecule has 2 aliphatic carbocycles. The molecule has 4 heteroatoms. The molecule has 1 fully saturated rings. The van der Waals surface area contributed by atoms with Crippen molar-refractivity contribution < 1.29 is 19.4 Å². The number of fused-ring (bicyclic) bond motifs is 1. The minimum Gasteiger partial charge on any atom is -0.458 e. The average Bonchev–Trinajstić information content (AvgIpc) is 2.88. The number of carbonyl (C=O) groups excluding carboxylic acids is 1. The number of ether oxygens (including phenoxy) is 2. The maximum atomic E-state index is 12.0. The Morgan fingerprint density at radius 2 is 2.05 bits per heavy atom. The summed E-state index contributed by atoms with van der Waals surface area (Å²) in [5.41, 5.74) is 1.27. The second kappa shape index (κ2) is 4.82. The van der Waals surface area contributed by atoms with E-state index in [0.29, 0.717) is 18.6 Å². The van der Waals surface area contributed by atoms with Crippen LogP contribution < -0.4 is 0 Å². The number of esters is 1. The van der Waals surface area contributed by atoms with Crippen LogP contribution in [0.4, 0.5) is 0 Å². The Hall–Kier alpha value is -0.870. The normalized spacial score (nSPS) is 41.6. The lowest BCUT2D eigenvalue weighted by Crippen LogP contribution is -2.42. The van der Waals surface area contributed by atoms with Gasteiger partial charge < -0.3 is 14.6 Å². The van der Waals surface area contributed by atoms with Crippen molar-refractivity contribution in [3.8, 4) is 0 Å². The highest BCUT2D eigenvalue weighted by Gasteiger charge is 2.55.